The summed E-state index contributed by atoms with van der Waals surface area (Å²) in [6.45, 7) is 0. The normalized spacial score (nSPS) is 11.7. The zero-order valence-electron chi connectivity index (χ0n) is 35.4. The molecule has 2 heterocycles. The van der Waals surface area contributed by atoms with Crippen LogP contribution in [0.1, 0.15) is 0 Å². The SMILES string of the molecule is c1cc(-c2ccc(N(c3ccc(-c4ccc5c(ccc6ccccc65)c4)cc3)c3cccc4oc5ccccc5c34)cc2)cc(-c2ccccc2-n2c3ccccc3c3ccccc32)c1. The highest BCUT2D eigenvalue weighted by Gasteiger charge is 2.20. The number of para-hydroxylation sites is 4. The summed E-state index contributed by atoms with van der Waals surface area (Å²) in [4.78, 5) is 2.36. The van der Waals surface area contributed by atoms with Gasteiger partial charge in [-0.05, 0) is 122 Å². The van der Waals surface area contributed by atoms with E-state index < -0.39 is 0 Å². The molecule has 0 fully saturated rings. The Hall–Kier alpha value is -8.66. The van der Waals surface area contributed by atoms with Crippen molar-refractivity contribution >= 4 is 82.4 Å². The molecule has 304 valence electrons. The number of nitrogens with zero attached hydrogens (tertiary/aromatic N) is 2. The van der Waals surface area contributed by atoms with Gasteiger partial charge in [-0.1, -0.05) is 170 Å². The Morgan fingerprint density at radius 2 is 0.862 bits per heavy atom. The summed E-state index contributed by atoms with van der Waals surface area (Å²) in [5.41, 5.74) is 15.5. The van der Waals surface area contributed by atoms with Crippen molar-refractivity contribution in [2.75, 3.05) is 4.90 Å². The second-order valence-corrected chi connectivity index (χ2v) is 16.9. The van der Waals surface area contributed by atoms with Crippen LogP contribution in [0.25, 0.3) is 104 Å². The lowest BCUT2D eigenvalue weighted by Crippen LogP contribution is -2.10. The Kier molecular flexibility index (Phi) is 8.53. The molecule has 3 heteroatoms. The van der Waals surface area contributed by atoms with E-state index in [1.54, 1.807) is 0 Å². The van der Waals surface area contributed by atoms with Crippen molar-refractivity contribution in [3.63, 3.8) is 0 Å². The second kappa shape index (κ2) is 15.0. The van der Waals surface area contributed by atoms with Crippen LogP contribution in [-0.2, 0) is 0 Å². The van der Waals surface area contributed by atoms with Gasteiger partial charge < -0.3 is 13.9 Å². The molecule has 0 N–H and O–H groups in total. The number of hydrogen-bond donors (Lipinski definition) is 0. The molecule has 0 radical (unpaired) electrons. The zero-order valence-corrected chi connectivity index (χ0v) is 35.4. The van der Waals surface area contributed by atoms with Crippen LogP contribution in [0, 0.1) is 0 Å². The standard InChI is InChI=1S/C62H40N2O/c1-2-16-50-43(13-1)27-28-47-40-45(33-38-51(47)50)42-31-36-49(37-32-42)63(59-24-12-26-61-62(59)55-20-6-10-25-60(55)65-61)48-34-29-41(30-35-48)44-14-11-15-46(39-44)52-17-3-7-21-56(52)64-57-22-8-4-18-53(57)54-19-5-9-23-58(54)64/h1-40H. The quantitative estimate of drug-likeness (QED) is 0.149. The zero-order chi connectivity index (χ0) is 42.8. The van der Waals surface area contributed by atoms with Crippen molar-refractivity contribution in [3.8, 4) is 39.1 Å². The van der Waals surface area contributed by atoms with Crippen LogP contribution in [0.4, 0.5) is 17.1 Å². The van der Waals surface area contributed by atoms with Crippen LogP contribution in [-0.4, -0.2) is 4.57 Å². The van der Waals surface area contributed by atoms with E-state index in [4.69, 9.17) is 4.42 Å². The van der Waals surface area contributed by atoms with E-state index in [1.165, 1.54) is 65.6 Å². The predicted octanol–water partition coefficient (Wildman–Crippen LogP) is 17.5. The molecule has 0 saturated carbocycles. The molecule has 13 rings (SSSR count). The van der Waals surface area contributed by atoms with Crippen molar-refractivity contribution in [3.05, 3.63) is 243 Å². The average Bonchev–Trinajstić information content (AvgIpc) is 3.93. The van der Waals surface area contributed by atoms with Crippen molar-refractivity contribution in [1.29, 1.82) is 0 Å². The summed E-state index contributed by atoms with van der Waals surface area (Å²) >= 11 is 0. The van der Waals surface area contributed by atoms with E-state index in [1.807, 2.05) is 6.07 Å². The van der Waals surface area contributed by atoms with E-state index in [2.05, 4.69) is 246 Å². The third kappa shape index (κ3) is 6.12. The highest BCUT2D eigenvalue weighted by atomic mass is 16.3. The third-order valence-corrected chi connectivity index (χ3v) is 13.2. The van der Waals surface area contributed by atoms with Gasteiger partial charge in [0.1, 0.15) is 11.2 Å². The summed E-state index contributed by atoms with van der Waals surface area (Å²) < 4.78 is 8.84. The summed E-state index contributed by atoms with van der Waals surface area (Å²) in [5.74, 6) is 0. The van der Waals surface area contributed by atoms with Gasteiger partial charge in [-0.2, -0.15) is 0 Å². The lowest BCUT2D eigenvalue weighted by atomic mass is 9.97. The van der Waals surface area contributed by atoms with Crippen molar-refractivity contribution in [1.82, 2.24) is 4.57 Å². The third-order valence-electron chi connectivity index (χ3n) is 13.2. The Morgan fingerprint density at radius 1 is 0.323 bits per heavy atom. The molecule has 2 aromatic heterocycles. The van der Waals surface area contributed by atoms with Gasteiger partial charge in [-0.25, -0.2) is 0 Å². The molecule has 0 amide bonds. The van der Waals surface area contributed by atoms with Crippen LogP contribution in [0.2, 0.25) is 0 Å². The molecule has 0 atom stereocenters. The summed E-state index contributed by atoms with van der Waals surface area (Å²) in [6, 6.07) is 87.7. The fourth-order valence-corrected chi connectivity index (χ4v) is 10.1. The number of anilines is 3. The van der Waals surface area contributed by atoms with Gasteiger partial charge >= 0.3 is 0 Å². The van der Waals surface area contributed by atoms with Crippen LogP contribution in [0.15, 0.2) is 247 Å². The summed E-state index contributed by atoms with van der Waals surface area (Å²) in [6.07, 6.45) is 0. The fourth-order valence-electron chi connectivity index (χ4n) is 10.1. The van der Waals surface area contributed by atoms with E-state index in [9.17, 15) is 0 Å². The Labute approximate surface area is 376 Å². The number of rotatable bonds is 7. The molecule has 0 aliphatic carbocycles. The molecule has 0 aliphatic heterocycles. The van der Waals surface area contributed by atoms with E-state index in [-0.39, 0.29) is 0 Å². The first kappa shape index (κ1) is 36.9. The fraction of sp³-hybridized carbons (Fsp3) is 0. The van der Waals surface area contributed by atoms with Crippen molar-refractivity contribution in [2.24, 2.45) is 0 Å². The van der Waals surface area contributed by atoms with Gasteiger partial charge in [0, 0.05) is 33.1 Å². The smallest absolute Gasteiger partial charge is 0.137 e. The lowest BCUT2D eigenvalue weighted by Gasteiger charge is -2.26. The highest BCUT2D eigenvalue weighted by Crippen LogP contribution is 2.44. The lowest BCUT2D eigenvalue weighted by molar-refractivity contribution is 0.669. The molecule has 13 aromatic rings. The second-order valence-electron chi connectivity index (χ2n) is 16.9. The molecule has 0 aliphatic rings. The van der Waals surface area contributed by atoms with E-state index in [0.717, 1.165) is 55.8 Å². The largest absolute Gasteiger partial charge is 0.456 e. The van der Waals surface area contributed by atoms with Gasteiger partial charge in [0.15, 0.2) is 0 Å². The Balaban J connectivity index is 0.894. The van der Waals surface area contributed by atoms with Gasteiger partial charge in [0.05, 0.1) is 27.8 Å². The molecule has 11 aromatic carbocycles. The number of furan rings is 1. The topological polar surface area (TPSA) is 21.3 Å². The molecular weight excluding hydrogens is 789 g/mol. The molecule has 0 spiro atoms. The molecule has 65 heavy (non-hydrogen) atoms. The van der Waals surface area contributed by atoms with Gasteiger partial charge in [-0.3, -0.25) is 0 Å². The molecule has 0 unspecified atom stereocenters. The average molecular weight is 829 g/mol. The van der Waals surface area contributed by atoms with Crippen molar-refractivity contribution < 1.29 is 4.42 Å². The molecular formula is C62H40N2O. The minimum absolute atomic E-state index is 0.864. The maximum atomic E-state index is 6.42. The Bertz CT molecular complexity index is 3900. The maximum Gasteiger partial charge on any atom is 0.137 e. The molecule has 0 bridgehead atoms. The van der Waals surface area contributed by atoms with Gasteiger partial charge in [0.25, 0.3) is 0 Å². The minimum atomic E-state index is 0.864. The predicted molar refractivity (Wildman–Crippen MR) is 274 cm³/mol. The first-order valence-electron chi connectivity index (χ1n) is 22.2. The molecule has 3 nitrogen and oxygen atoms in total. The van der Waals surface area contributed by atoms with E-state index in [0.29, 0.717) is 0 Å². The monoisotopic (exact) mass is 828 g/mol. The maximum absolute atomic E-state index is 6.42. The van der Waals surface area contributed by atoms with Gasteiger partial charge in [-0.15, -0.1) is 0 Å². The van der Waals surface area contributed by atoms with Crippen LogP contribution < -0.4 is 4.90 Å². The van der Waals surface area contributed by atoms with Crippen molar-refractivity contribution in [2.45, 2.75) is 0 Å². The number of fused-ring (bicyclic) bond motifs is 9. The summed E-state index contributed by atoms with van der Waals surface area (Å²) in [5, 5.41) is 9.75. The summed E-state index contributed by atoms with van der Waals surface area (Å²) in [7, 11) is 0. The van der Waals surface area contributed by atoms with Gasteiger partial charge in [0.2, 0.25) is 0 Å². The van der Waals surface area contributed by atoms with E-state index >= 15 is 0 Å². The first-order chi connectivity index (χ1) is 32.2. The van der Waals surface area contributed by atoms with Crippen LogP contribution >= 0.6 is 0 Å². The van der Waals surface area contributed by atoms with Crippen LogP contribution in [0.3, 0.4) is 0 Å². The minimum Gasteiger partial charge on any atom is -0.456 e. The molecule has 0 saturated heterocycles. The number of benzene rings is 11. The van der Waals surface area contributed by atoms with Crippen LogP contribution in [0.5, 0.6) is 0 Å². The Morgan fingerprint density at radius 3 is 1.62 bits per heavy atom. The highest BCUT2D eigenvalue weighted by molar-refractivity contribution is 6.14. The number of aromatic nitrogens is 1. The first-order valence-corrected chi connectivity index (χ1v) is 22.2. The number of hydrogen-bond acceptors (Lipinski definition) is 2.